The maximum absolute atomic E-state index is 12.0. The molecular weight excluding hydrogens is 920 g/mol. The Labute approximate surface area is 427 Å². The number of pyridine rings is 3. The van der Waals surface area contributed by atoms with E-state index in [-0.39, 0.29) is 72.0 Å². The average Bonchev–Trinajstić information content (AvgIpc) is 4.22. The molecule has 9 rings (SSSR count). The summed E-state index contributed by atoms with van der Waals surface area (Å²) in [5, 5.41) is 3.22. The number of ketones is 1. The van der Waals surface area contributed by atoms with Crippen LogP contribution in [0, 0.1) is 25.2 Å². The Bertz CT molecular complexity index is 2730. The molecule has 17 heteroatoms. The van der Waals surface area contributed by atoms with Gasteiger partial charge < -0.3 is 52.5 Å². The number of hydrogen-bond donors (Lipinski definition) is 0. The summed E-state index contributed by atoms with van der Waals surface area (Å²) in [6, 6.07) is 16.7. The smallest absolute Gasteiger partial charge is 1.00 e. The molecule has 6 heterocycles. The zero-order valence-electron chi connectivity index (χ0n) is 41.1. The van der Waals surface area contributed by atoms with E-state index in [9.17, 15) is 19.2 Å². The van der Waals surface area contributed by atoms with Crippen LogP contribution in [0.1, 0.15) is 128 Å². The van der Waals surface area contributed by atoms with Crippen molar-refractivity contribution in [3.05, 3.63) is 108 Å². The van der Waals surface area contributed by atoms with Gasteiger partial charge in [0.15, 0.2) is 5.78 Å². The predicted octanol–water partition coefficient (Wildman–Crippen LogP) is 7.48. The number of halogens is 2. The van der Waals surface area contributed by atoms with Gasteiger partial charge in [0.25, 0.3) is 0 Å². The van der Waals surface area contributed by atoms with Crippen LogP contribution in [-0.2, 0) is 44.0 Å². The number of carbonyl (C=O) groups is 4. The first kappa shape index (κ1) is 57.4. The molecule has 6 aromatic rings. The van der Waals surface area contributed by atoms with Gasteiger partial charge in [0.2, 0.25) is 0 Å². The van der Waals surface area contributed by atoms with Crippen LogP contribution >= 0.6 is 11.6 Å². The fourth-order valence-corrected chi connectivity index (χ4v) is 7.41. The molecule has 6 aromatic heterocycles. The molecule has 3 fully saturated rings. The van der Waals surface area contributed by atoms with Crippen molar-refractivity contribution in [3.63, 3.8) is 0 Å². The van der Waals surface area contributed by atoms with Gasteiger partial charge in [0, 0.05) is 53.8 Å². The number of allylic oxidation sites excluding steroid dienone is 1. The van der Waals surface area contributed by atoms with E-state index in [2.05, 4.69) is 43.4 Å². The van der Waals surface area contributed by atoms with E-state index in [0.29, 0.717) is 51.3 Å². The first-order chi connectivity index (χ1) is 30.9. The van der Waals surface area contributed by atoms with E-state index < -0.39 is 0 Å². The molecule has 0 unspecified atom stereocenters. The molecule has 0 atom stereocenters. The molecule has 362 valence electrons. The van der Waals surface area contributed by atoms with Gasteiger partial charge in [-0.15, -0.1) is 0 Å². The number of esters is 3. The second-order valence-corrected chi connectivity index (χ2v) is 18.3. The van der Waals surface area contributed by atoms with Gasteiger partial charge in [-0.1, -0.05) is 39.0 Å². The van der Waals surface area contributed by atoms with Crippen molar-refractivity contribution < 1.29 is 50.5 Å². The number of ether oxygens (including phenoxy) is 4. The molecule has 0 N–H and O–H groups in total. The van der Waals surface area contributed by atoms with Crippen molar-refractivity contribution in [1.29, 1.82) is 0 Å². The number of Topliss-reactive ketones (excluding diaryl/α,β-unsaturated/α-hetero) is 1. The molecule has 14 nitrogen and oxygen atoms in total. The maximum Gasteiger partial charge on any atom is 2.00 e. The summed E-state index contributed by atoms with van der Waals surface area (Å²) in [6.45, 7) is 18.4. The molecule has 68 heavy (non-hydrogen) atoms. The van der Waals surface area contributed by atoms with E-state index in [0.717, 1.165) is 65.1 Å². The topological polar surface area (TPSA) is 159 Å². The summed E-state index contributed by atoms with van der Waals surface area (Å²) in [5.41, 5.74) is 5.46. The summed E-state index contributed by atoms with van der Waals surface area (Å²) >= 11 is 5.92. The fourth-order valence-electron chi connectivity index (χ4n) is 7.27. The Balaban J connectivity index is 0.000000250. The van der Waals surface area contributed by atoms with Crippen molar-refractivity contribution in [3.8, 4) is 0 Å². The van der Waals surface area contributed by atoms with Crippen molar-refractivity contribution in [2.45, 2.75) is 105 Å². The molecule has 0 spiro atoms. The number of nitrogens with zero attached hydrogens (tertiary/aromatic N) is 6. The Kier molecular flexibility index (Phi) is 21.1. The second kappa shape index (κ2) is 25.1. The van der Waals surface area contributed by atoms with Gasteiger partial charge in [-0.3, -0.25) is 4.79 Å². The summed E-state index contributed by atoms with van der Waals surface area (Å²) < 4.78 is 25.3. The van der Waals surface area contributed by atoms with Gasteiger partial charge in [-0.2, -0.15) is 0 Å². The molecular formula is C51H64Cl2MgN6O8. The SMILES string of the molecule is C=C(C)OCC.COC(=O)c1cc2ccc(C(C)(C)C)nc2n1CC1CC1.COC(=O)c1cc2ccc(C(C)=O)nc2n1CC1CC1.COC(=O)c1cc2ccc(Cl)nc2n1CC1CC1.[CH3-].[Cl-].[Mg+2]. The third-order valence-corrected chi connectivity index (χ3v) is 11.5. The molecule has 0 saturated heterocycles. The minimum absolute atomic E-state index is 0. The van der Waals surface area contributed by atoms with Crippen molar-refractivity contribution >= 4 is 91.4 Å². The number of methoxy groups -OCH3 is 3. The first-order valence-corrected chi connectivity index (χ1v) is 22.5. The Morgan fingerprint density at radius 1 is 0.647 bits per heavy atom. The predicted molar refractivity (Wildman–Crippen MR) is 264 cm³/mol. The van der Waals surface area contributed by atoms with E-state index >= 15 is 0 Å². The third kappa shape index (κ3) is 14.8. The second-order valence-electron chi connectivity index (χ2n) is 17.9. The molecule has 0 aliphatic heterocycles. The van der Waals surface area contributed by atoms with Crippen molar-refractivity contribution in [2.24, 2.45) is 17.8 Å². The Morgan fingerprint density at radius 3 is 1.34 bits per heavy atom. The maximum atomic E-state index is 12.0. The monoisotopic (exact) mass is 982 g/mol. The number of aromatic nitrogens is 6. The van der Waals surface area contributed by atoms with E-state index in [4.69, 9.17) is 35.5 Å². The molecule has 3 saturated carbocycles. The minimum Gasteiger partial charge on any atom is -1.00 e. The van der Waals surface area contributed by atoms with Crippen LogP contribution in [-0.4, -0.2) is 103 Å². The van der Waals surface area contributed by atoms with Crippen LogP contribution in [0.2, 0.25) is 5.15 Å². The molecule has 0 bridgehead atoms. The normalized spacial score (nSPS) is 13.7. The molecule has 0 aromatic carbocycles. The van der Waals surface area contributed by atoms with Crippen molar-refractivity contribution in [2.75, 3.05) is 27.9 Å². The Morgan fingerprint density at radius 2 is 1.01 bits per heavy atom. The standard InChI is InChI=1S/C17H22N2O2.C15H16N2O3.C13H13ClN2O2.C5H10O.CH3.ClH.Mg/c1-17(2,3)14-8-7-12-9-13(16(20)21-4)19(15(12)18-14)10-11-5-6-11;1-9(18)12-6-5-11-7-13(15(19)20-2)17(14(11)16-12)8-10-3-4-10;1-18-13(17)10-6-9-4-5-11(14)15-12(9)16(10)7-8-2-3-8;1-4-6-5(2)3;;;/h7-9,11H,5-6,10H2,1-4H3;5-7,10H,3-4,8H2,1-2H3;4-6,8H,2-3,7H2,1H3;2,4H2,1,3H3;1H3;1H;/q;;;;-1;;+2/p-1. The molecule has 0 amide bonds. The molecule has 0 radical (unpaired) electrons. The Hall–Kier alpha value is -4.96. The number of fused-ring (bicyclic) bond motifs is 3. The third-order valence-electron chi connectivity index (χ3n) is 11.3. The molecule has 3 aliphatic rings. The fraction of sp³-hybridized carbons (Fsp3) is 0.451. The number of rotatable bonds is 12. The summed E-state index contributed by atoms with van der Waals surface area (Å²) in [4.78, 5) is 60.7. The van der Waals surface area contributed by atoms with E-state index in [1.54, 1.807) is 18.2 Å². The summed E-state index contributed by atoms with van der Waals surface area (Å²) in [6.07, 6.45) is 7.24. The van der Waals surface area contributed by atoms with Gasteiger partial charge in [-0.05, 0) is 125 Å². The van der Waals surface area contributed by atoms with Gasteiger partial charge in [0.05, 0.1) is 33.7 Å². The average molecular weight is 984 g/mol. The van der Waals surface area contributed by atoms with Crippen LogP contribution in [0.5, 0.6) is 0 Å². The van der Waals surface area contributed by atoms with E-state index in [1.165, 1.54) is 66.8 Å². The number of hydrogen-bond acceptors (Lipinski definition) is 11. The van der Waals surface area contributed by atoms with Gasteiger partial charge in [-0.25, -0.2) is 29.3 Å². The summed E-state index contributed by atoms with van der Waals surface area (Å²) in [5.74, 6) is 1.64. The van der Waals surface area contributed by atoms with Crippen LogP contribution in [0.25, 0.3) is 33.1 Å². The van der Waals surface area contributed by atoms with Crippen LogP contribution in [0.3, 0.4) is 0 Å². The van der Waals surface area contributed by atoms with Crippen LogP contribution < -0.4 is 12.4 Å². The largest absolute Gasteiger partial charge is 2.00 e. The zero-order chi connectivity index (χ0) is 47.2. The van der Waals surface area contributed by atoms with E-state index in [1.807, 2.05) is 57.9 Å². The van der Waals surface area contributed by atoms with Gasteiger partial charge in [0.1, 0.15) is 44.9 Å². The summed E-state index contributed by atoms with van der Waals surface area (Å²) in [7, 11) is 4.19. The van der Waals surface area contributed by atoms with Gasteiger partial charge >= 0.3 is 41.0 Å². The quantitative estimate of drug-likeness (QED) is 0.0228. The minimum atomic E-state index is -0.368. The van der Waals surface area contributed by atoms with Crippen molar-refractivity contribution in [1.82, 2.24) is 28.7 Å². The number of carbonyl (C=O) groups excluding carboxylic acids is 4. The van der Waals surface area contributed by atoms with Crippen LogP contribution in [0.4, 0.5) is 0 Å². The zero-order valence-corrected chi connectivity index (χ0v) is 44.0. The molecule has 3 aliphatic carbocycles. The first-order valence-electron chi connectivity index (χ1n) is 22.2. The van der Waals surface area contributed by atoms with Crippen LogP contribution in [0.15, 0.2) is 66.9 Å².